The van der Waals surface area contributed by atoms with Crippen molar-refractivity contribution in [2.24, 2.45) is 5.73 Å². The van der Waals surface area contributed by atoms with E-state index in [9.17, 15) is 4.79 Å². The van der Waals surface area contributed by atoms with Gasteiger partial charge in [0.25, 0.3) is 0 Å². The van der Waals surface area contributed by atoms with E-state index in [-0.39, 0.29) is 23.7 Å². The van der Waals surface area contributed by atoms with Crippen LogP contribution in [0.5, 0.6) is 0 Å². The first-order valence-corrected chi connectivity index (χ1v) is 6.16. The van der Waals surface area contributed by atoms with Crippen molar-refractivity contribution >= 4 is 5.91 Å². The van der Waals surface area contributed by atoms with Gasteiger partial charge in [-0.25, -0.2) is 0 Å². The normalized spacial score (nSPS) is 25.8. The molecule has 0 aliphatic carbocycles. The zero-order chi connectivity index (χ0) is 12.2. The minimum Gasteiger partial charge on any atom is -0.364 e. The Balaban J connectivity index is 2.41. The van der Waals surface area contributed by atoms with E-state index in [1.807, 2.05) is 13.8 Å². The summed E-state index contributed by atoms with van der Waals surface area (Å²) >= 11 is 0. The van der Waals surface area contributed by atoms with Gasteiger partial charge < -0.3 is 15.8 Å². The van der Waals surface area contributed by atoms with Crippen LogP contribution in [-0.2, 0) is 9.53 Å². The highest BCUT2D eigenvalue weighted by Crippen LogP contribution is 2.20. The van der Waals surface area contributed by atoms with Crippen molar-refractivity contribution in [3.8, 4) is 0 Å². The minimum atomic E-state index is -0.301. The Kier molecular flexibility index (Phi) is 4.74. The number of hydrogen-bond acceptors (Lipinski definition) is 3. The summed E-state index contributed by atoms with van der Waals surface area (Å²) in [6.07, 6.45) is 3.48. The molecule has 4 nitrogen and oxygen atoms in total. The lowest BCUT2D eigenvalue weighted by atomic mass is 9.98. The van der Waals surface area contributed by atoms with Crippen molar-refractivity contribution in [2.45, 2.75) is 64.2 Å². The molecule has 1 aliphatic heterocycles. The lowest BCUT2D eigenvalue weighted by molar-refractivity contribution is -0.133. The molecule has 3 N–H and O–H groups in total. The zero-order valence-electron chi connectivity index (χ0n) is 10.6. The number of nitrogens with two attached hydrogens (primary N) is 1. The first-order valence-electron chi connectivity index (χ1n) is 6.16. The van der Waals surface area contributed by atoms with Gasteiger partial charge in [-0.3, -0.25) is 4.79 Å². The van der Waals surface area contributed by atoms with E-state index < -0.39 is 0 Å². The fourth-order valence-electron chi connectivity index (χ4n) is 2.17. The summed E-state index contributed by atoms with van der Waals surface area (Å²) in [6.45, 7) is 6.71. The summed E-state index contributed by atoms with van der Waals surface area (Å²) in [5.41, 5.74) is 5.37. The topological polar surface area (TPSA) is 64.4 Å². The molecule has 94 valence electrons. The van der Waals surface area contributed by atoms with E-state index in [0.717, 1.165) is 25.7 Å². The second-order valence-corrected chi connectivity index (χ2v) is 5.18. The van der Waals surface area contributed by atoms with Crippen LogP contribution in [0.25, 0.3) is 0 Å². The lowest BCUT2D eigenvalue weighted by Gasteiger charge is -2.27. The highest BCUT2D eigenvalue weighted by atomic mass is 16.5. The molecule has 0 aromatic carbocycles. The average Bonchev–Trinajstić information content (AvgIpc) is 2.64. The number of hydrogen-bond donors (Lipinski definition) is 2. The van der Waals surface area contributed by atoms with Crippen LogP contribution in [0.3, 0.4) is 0 Å². The number of carbonyl (C=O) groups excluding carboxylic acids is 1. The number of amides is 1. The quantitative estimate of drug-likeness (QED) is 0.743. The van der Waals surface area contributed by atoms with Crippen LogP contribution in [0.4, 0.5) is 0 Å². The zero-order valence-corrected chi connectivity index (χ0v) is 10.6. The van der Waals surface area contributed by atoms with Gasteiger partial charge in [0.2, 0.25) is 5.91 Å². The monoisotopic (exact) mass is 228 g/mol. The van der Waals surface area contributed by atoms with Gasteiger partial charge in [-0.2, -0.15) is 0 Å². The second kappa shape index (κ2) is 5.64. The molecule has 0 unspecified atom stereocenters. The third-order valence-electron chi connectivity index (χ3n) is 3.00. The van der Waals surface area contributed by atoms with Crippen molar-refractivity contribution in [1.29, 1.82) is 0 Å². The molecule has 0 aromatic heterocycles. The Bertz CT molecular complexity index is 241. The van der Waals surface area contributed by atoms with Gasteiger partial charge in [0.1, 0.15) is 6.10 Å². The van der Waals surface area contributed by atoms with E-state index in [1.165, 1.54) is 0 Å². The number of ether oxygens (including phenoxy) is 1. The number of carbonyl (C=O) groups is 1. The van der Waals surface area contributed by atoms with Crippen LogP contribution in [0.15, 0.2) is 0 Å². The van der Waals surface area contributed by atoms with Crippen LogP contribution in [0.2, 0.25) is 0 Å². The van der Waals surface area contributed by atoms with Crippen LogP contribution in [0, 0.1) is 0 Å². The van der Waals surface area contributed by atoms with Crippen molar-refractivity contribution in [2.75, 3.05) is 6.54 Å². The molecule has 1 amide bonds. The summed E-state index contributed by atoms with van der Waals surface area (Å²) in [6, 6.07) is 0. The van der Waals surface area contributed by atoms with Gasteiger partial charge in [0.15, 0.2) is 0 Å². The molecule has 0 spiro atoms. The molecule has 1 fully saturated rings. The van der Waals surface area contributed by atoms with Crippen molar-refractivity contribution < 1.29 is 9.53 Å². The minimum absolute atomic E-state index is 0.00870. The SMILES string of the molecule is CCCC(C)(C)NC(=O)[C@@H]1CC[C@H](CN)O1. The summed E-state index contributed by atoms with van der Waals surface area (Å²) in [5.74, 6) is 0.00870. The summed E-state index contributed by atoms with van der Waals surface area (Å²) in [5, 5.41) is 3.04. The predicted molar refractivity (Wildman–Crippen MR) is 64.1 cm³/mol. The Hall–Kier alpha value is -0.610. The summed E-state index contributed by atoms with van der Waals surface area (Å²) in [7, 11) is 0. The Morgan fingerprint density at radius 2 is 2.19 bits per heavy atom. The van der Waals surface area contributed by atoms with Gasteiger partial charge in [-0.1, -0.05) is 13.3 Å². The van der Waals surface area contributed by atoms with E-state index >= 15 is 0 Å². The molecule has 16 heavy (non-hydrogen) atoms. The Morgan fingerprint density at radius 1 is 1.50 bits per heavy atom. The molecular formula is C12H24N2O2. The van der Waals surface area contributed by atoms with E-state index in [1.54, 1.807) is 0 Å². The fourth-order valence-corrected chi connectivity index (χ4v) is 2.17. The highest BCUT2D eigenvalue weighted by molar-refractivity contribution is 5.81. The first kappa shape index (κ1) is 13.5. The number of nitrogens with one attached hydrogen (secondary N) is 1. The Labute approximate surface area is 97.9 Å². The summed E-state index contributed by atoms with van der Waals surface area (Å²) in [4.78, 5) is 11.9. The fraction of sp³-hybridized carbons (Fsp3) is 0.917. The molecule has 0 saturated carbocycles. The van der Waals surface area contributed by atoms with Gasteiger partial charge in [-0.15, -0.1) is 0 Å². The third kappa shape index (κ3) is 3.76. The molecule has 0 radical (unpaired) electrons. The molecule has 2 atom stereocenters. The third-order valence-corrected chi connectivity index (χ3v) is 3.00. The first-order chi connectivity index (χ1) is 7.48. The molecule has 0 bridgehead atoms. The van der Waals surface area contributed by atoms with Crippen LogP contribution < -0.4 is 11.1 Å². The van der Waals surface area contributed by atoms with Crippen molar-refractivity contribution in [3.05, 3.63) is 0 Å². The maximum atomic E-state index is 11.9. The van der Waals surface area contributed by atoms with Crippen molar-refractivity contribution in [1.82, 2.24) is 5.32 Å². The lowest BCUT2D eigenvalue weighted by Crippen LogP contribution is -2.47. The smallest absolute Gasteiger partial charge is 0.249 e. The largest absolute Gasteiger partial charge is 0.364 e. The van der Waals surface area contributed by atoms with Crippen LogP contribution in [0.1, 0.15) is 46.5 Å². The molecule has 1 rings (SSSR count). The maximum absolute atomic E-state index is 11.9. The van der Waals surface area contributed by atoms with E-state index in [4.69, 9.17) is 10.5 Å². The van der Waals surface area contributed by atoms with Gasteiger partial charge >= 0.3 is 0 Å². The second-order valence-electron chi connectivity index (χ2n) is 5.18. The van der Waals surface area contributed by atoms with Crippen LogP contribution >= 0.6 is 0 Å². The summed E-state index contributed by atoms with van der Waals surface area (Å²) < 4.78 is 5.56. The van der Waals surface area contributed by atoms with Gasteiger partial charge in [0.05, 0.1) is 6.10 Å². The van der Waals surface area contributed by atoms with E-state index in [0.29, 0.717) is 6.54 Å². The van der Waals surface area contributed by atoms with E-state index in [2.05, 4.69) is 12.2 Å². The number of rotatable bonds is 5. The molecule has 4 heteroatoms. The van der Waals surface area contributed by atoms with Gasteiger partial charge in [0, 0.05) is 12.1 Å². The van der Waals surface area contributed by atoms with Crippen molar-refractivity contribution in [3.63, 3.8) is 0 Å². The molecular weight excluding hydrogens is 204 g/mol. The molecule has 1 saturated heterocycles. The molecule has 1 aliphatic rings. The maximum Gasteiger partial charge on any atom is 0.249 e. The highest BCUT2D eigenvalue weighted by Gasteiger charge is 2.32. The molecule has 0 aromatic rings. The standard InChI is InChI=1S/C12H24N2O2/c1-4-7-12(2,3)14-11(15)10-6-5-9(8-13)16-10/h9-10H,4-8,13H2,1-3H3,(H,14,15)/t9-,10+/m1/s1. The van der Waals surface area contributed by atoms with Gasteiger partial charge in [-0.05, 0) is 33.1 Å². The predicted octanol–water partition coefficient (Wildman–Crippen LogP) is 1.19. The average molecular weight is 228 g/mol. The molecule has 1 heterocycles. The Morgan fingerprint density at radius 3 is 2.69 bits per heavy atom. The van der Waals surface area contributed by atoms with Crippen LogP contribution in [-0.4, -0.2) is 30.2 Å².